The van der Waals surface area contributed by atoms with E-state index >= 15 is 0 Å². The first-order valence-corrected chi connectivity index (χ1v) is 8.06. The van der Waals surface area contributed by atoms with Crippen molar-refractivity contribution in [2.45, 2.75) is 0 Å². The maximum atomic E-state index is 10.3. The Balaban J connectivity index is 0.000000409. The van der Waals surface area contributed by atoms with Crippen molar-refractivity contribution in [2.75, 3.05) is 0 Å². The molecule has 2 radical (unpaired) electrons. The molecule has 0 unspecified atom stereocenters. The van der Waals surface area contributed by atoms with E-state index in [1.807, 2.05) is 36.4 Å². The molecule has 0 aromatic heterocycles. The second kappa shape index (κ2) is 12.3. The fourth-order valence-electron chi connectivity index (χ4n) is 1.47. The van der Waals surface area contributed by atoms with Crippen LogP contribution in [0.1, 0.15) is 11.1 Å². The first-order chi connectivity index (χ1) is 10.5. The van der Waals surface area contributed by atoms with Gasteiger partial charge in [0.2, 0.25) is 0 Å². The molecular weight excluding hydrogens is 336 g/mol. The van der Waals surface area contributed by atoms with Crippen molar-refractivity contribution in [3.05, 3.63) is 95.9 Å². The molecule has 0 aliphatic heterocycles. The summed E-state index contributed by atoms with van der Waals surface area (Å²) in [7, 11) is -4.00. The van der Waals surface area contributed by atoms with Crippen LogP contribution in [0.25, 0.3) is 12.2 Å². The standard InChI is InChI=1S/C10H10.C8H8O3S.Ca/c1-2-3-7-10-8-5-4-6-9-10;9-12(10,11)7-6-8-4-2-1-3-5-8;/h2-9H,1H2;1-7H,(H,9,10,11);. The van der Waals surface area contributed by atoms with E-state index in [1.54, 1.807) is 30.3 Å². The summed E-state index contributed by atoms with van der Waals surface area (Å²) in [5.41, 5.74) is 1.94. The van der Waals surface area contributed by atoms with Crippen LogP contribution in [0.3, 0.4) is 0 Å². The monoisotopic (exact) mass is 354 g/mol. The topological polar surface area (TPSA) is 54.4 Å². The van der Waals surface area contributed by atoms with Gasteiger partial charge in [-0.25, -0.2) is 0 Å². The number of rotatable bonds is 4. The average molecular weight is 354 g/mol. The van der Waals surface area contributed by atoms with Crippen LogP contribution in [0.15, 0.2) is 84.8 Å². The third-order valence-electron chi connectivity index (χ3n) is 2.46. The predicted molar refractivity (Wildman–Crippen MR) is 98.5 cm³/mol. The van der Waals surface area contributed by atoms with Crippen LogP contribution in [0.5, 0.6) is 0 Å². The summed E-state index contributed by atoms with van der Waals surface area (Å²) >= 11 is 0. The Labute approximate surface area is 167 Å². The number of benzene rings is 2. The molecule has 116 valence electrons. The Hall–Kier alpha value is -1.17. The molecule has 2 aromatic rings. The molecule has 3 nitrogen and oxygen atoms in total. The SMILES string of the molecule is C=CC=Cc1ccccc1.O=S(=O)(O)C=Cc1ccccc1.[Ca]. The fourth-order valence-corrected chi connectivity index (χ4v) is 1.80. The van der Waals surface area contributed by atoms with Gasteiger partial charge in [-0.15, -0.1) is 0 Å². The fraction of sp³-hybridized carbons (Fsp3) is 0. The Bertz CT molecular complexity index is 721. The van der Waals surface area contributed by atoms with Gasteiger partial charge in [0.15, 0.2) is 0 Å². The Kier molecular flexibility index (Phi) is 11.7. The molecule has 1 N–H and O–H groups in total. The molecule has 0 atom stereocenters. The van der Waals surface area contributed by atoms with Gasteiger partial charge in [0, 0.05) is 37.7 Å². The van der Waals surface area contributed by atoms with Crippen LogP contribution in [-0.4, -0.2) is 50.7 Å². The molecule has 0 saturated heterocycles. The summed E-state index contributed by atoms with van der Waals surface area (Å²) in [4.78, 5) is 0. The van der Waals surface area contributed by atoms with Gasteiger partial charge < -0.3 is 0 Å². The normalized spacial score (nSPS) is 10.7. The maximum absolute atomic E-state index is 10.3. The van der Waals surface area contributed by atoms with E-state index in [-0.39, 0.29) is 37.7 Å². The quantitative estimate of drug-likeness (QED) is 0.512. The van der Waals surface area contributed by atoms with E-state index in [4.69, 9.17) is 4.55 Å². The largest absolute Gasteiger partial charge is 0.287 e. The van der Waals surface area contributed by atoms with Crippen molar-refractivity contribution in [3.63, 3.8) is 0 Å². The second-order valence-electron chi connectivity index (χ2n) is 4.23. The molecule has 2 rings (SSSR count). The average Bonchev–Trinajstić information content (AvgIpc) is 2.53. The molecule has 0 saturated carbocycles. The molecule has 0 fully saturated rings. The minimum Gasteiger partial charge on any atom is -0.282 e. The smallest absolute Gasteiger partial charge is 0.282 e. The van der Waals surface area contributed by atoms with Crippen molar-refractivity contribution in [1.29, 1.82) is 0 Å². The van der Waals surface area contributed by atoms with Crippen molar-refractivity contribution in [2.24, 2.45) is 0 Å². The van der Waals surface area contributed by atoms with Crippen LogP contribution in [0.2, 0.25) is 0 Å². The van der Waals surface area contributed by atoms with Gasteiger partial charge in [0.05, 0.1) is 5.41 Å². The Morgan fingerprint density at radius 1 is 0.826 bits per heavy atom. The summed E-state index contributed by atoms with van der Waals surface area (Å²) < 4.78 is 28.9. The van der Waals surface area contributed by atoms with E-state index in [0.717, 1.165) is 11.0 Å². The molecule has 0 amide bonds. The van der Waals surface area contributed by atoms with Crippen LogP contribution < -0.4 is 0 Å². The third kappa shape index (κ3) is 12.0. The zero-order valence-corrected chi connectivity index (χ0v) is 15.8. The van der Waals surface area contributed by atoms with Crippen molar-refractivity contribution < 1.29 is 13.0 Å². The van der Waals surface area contributed by atoms with Gasteiger partial charge in [-0.1, -0.05) is 85.5 Å². The van der Waals surface area contributed by atoms with Crippen LogP contribution >= 0.6 is 0 Å². The molecule has 0 heterocycles. The van der Waals surface area contributed by atoms with Crippen LogP contribution in [0, 0.1) is 0 Å². The summed E-state index contributed by atoms with van der Waals surface area (Å²) in [5.74, 6) is 0. The number of hydrogen-bond donors (Lipinski definition) is 1. The number of allylic oxidation sites excluding steroid dienone is 2. The molecule has 2 aromatic carbocycles. The van der Waals surface area contributed by atoms with Crippen molar-refractivity contribution in [1.82, 2.24) is 0 Å². The number of hydrogen-bond acceptors (Lipinski definition) is 2. The minimum absolute atomic E-state index is 0. The summed E-state index contributed by atoms with van der Waals surface area (Å²) in [5, 5.41) is 0.752. The molecule has 0 aliphatic carbocycles. The molecule has 23 heavy (non-hydrogen) atoms. The van der Waals surface area contributed by atoms with E-state index in [2.05, 4.69) is 18.7 Å². The van der Waals surface area contributed by atoms with Gasteiger partial charge >= 0.3 is 0 Å². The van der Waals surface area contributed by atoms with E-state index < -0.39 is 10.1 Å². The molecule has 0 aliphatic rings. The molecule has 0 spiro atoms. The molecule has 0 bridgehead atoms. The maximum Gasteiger partial charge on any atom is 0.287 e. The van der Waals surface area contributed by atoms with Gasteiger partial charge in [-0.2, -0.15) is 8.42 Å². The second-order valence-corrected chi connectivity index (χ2v) is 5.54. The van der Waals surface area contributed by atoms with E-state index in [9.17, 15) is 8.42 Å². The van der Waals surface area contributed by atoms with Gasteiger partial charge in [-0.3, -0.25) is 4.55 Å². The van der Waals surface area contributed by atoms with Crippen LogP contribution in [0.4, 0.5) is 0 Å². The first kappa shape index (κ1) is 21.8. The first-order valence-electron chi connectivity index (χ1n) is 6.56. The van der Waals surface area contributed by atoms with Crippen molar-refractivity contribution in [3.8, 4) is 0 Å². The van der Waals surface area contributed by atoms with Crippen molar-refractivity contribution >= 4 is 60.0 Å². The van der Waals surface area contributed by atoms with E-state index in [0.29, 0.717) is 0 Å². The van der Waals surface area contributed by atoms with Gasteiger partial charge in [-0.05, 0) is 17.2 Å². The summed E-state index contributed by atoms with van der Waals surface area (Å²) in [6, 6.07) is 19.0. The zero-order valence-electron chi connectivity index (χ0n) is 12.7. The van der Waals surface area contributed by atoms with Gasteiger partial charge in [0.25, 0.3) is 10.1 Å². The summed E-state index contributed by atoms with van der Waals surface area (Å²) in [6.07, 6.45) is 7.05. The van der Waals surface area contributed by atoms with Gasteiger partial charge in [0.1, 0.15) is 0 Å². The summed E-state index contributed by atoms with van der Waals surface area (Å²) in [6.45, 7) is 3.59. The zero-order chi connectivity index (χ0) is 16.3. The predicted octanol–water partition coefficient (Wildman–Crippen LogP) is 4.05. The Morgan fingerprint density at radius 3 is 1.65 bits per heavy atom. The molecular formula is C18H18CaO3S. The van der Waals surface area contributed by atoms with Crippen LogP contribution in [-0.2, 0) is 10.1 Å². The molecule has 5 heteroatoms. The Morgan fingerprint density at radius 2 is 1.26 bits per heavy atom. The third-order valence-corrected chi connectivity index (χ3v) is 2.94. The minimum atomic E-state index is -4.00. The van der Waals surface area contributed by atoms with E-state index in [1.165, 1.54) is 11.6 Å².